The van der Waals surface area contributed by atoms with E-state index in [9.17, 15) is 0 Å². The Bertz CT molecular complexity index is 201. The number of aliphatic imine (C=N–C) groups is 1. The summed E-state index contributed by atoms with van der Waals surface area (Å²) in [6.07, 6.45) is 6.30. The number of nitrogens with zero attached hydrogens (tertiary/aromatic N) is 1. The van der Waals surface area contributed by atoms with Crippen molar-refractivity contribution in [2.24, 2.45) is 4.99 Å². The summed E-state index contributed by atoms with van der Waals surface area (Å²) in [5, 5.41) is 3.59. The van der Waals surface area contributed by atoms with Crippen LogP contribution in [0.5, 0.6) is 0 Å². The van der Waals surface area contributed by atoms with E-state index in [0.29, 0.717) is 5.16 Å². The van der Waals surface area contributed by atoms with Crippen LogP contribution in [-0.2, 0) is 0 Å². The van der Waals surface area contributed by atoms with Gasteiger partial charge in [0.1, 0.15) is 5.16 Å². The van der Waals surface area contributed by atoms with Crippen LogP contribution in [0.25, 0.3) is 0 Å². The minimum atomic E-state index is 0.557. The lowest BCUT2D eigenvalue weighted by Gasteiger charge is -1.98. The second-order valence-electron chi connectivity index (χ2n) is 1.95. The molecule has 1 rings (SSSR count). The molecule has 0 bridgehead atoms. The van der Waals surface area contributed by atoms with Crippen LogP contribution < -0.4 is 5.32 Å². The van der Waals surface area contributed by atoms with Crippen molar-refractivity contribution in [2.45, 2.75) is 6.42 Å². The van der Waals surface area contributed by atoms with Gasteiger partial charge in [0.25, 0.3) is 0 Å². The van der Waals surface area contributed by atoms with Crippen LogP contribution in [0.3, 0.4) is 0 Å². The molecule has 54 valence electrons. The maximum Gasteiger partial charge on any atom is 0.125 e. The summed E-state index contributed by atoms with van der Waals surface area (Å²) in [4.78, 5) is 3.91. The molecule has 0 unspecified atom stereocenters. The van der Waals surface area contributed by atoms with E-state index in [4.69, 9.17) is 11.6 Å². The third kappa shape index (κ3) is 1.88. The molecule has 10 heavy (non-hydrogen) atoms. The first-order valence-electron chi connectivity index (χ1n) is 3.09. The highest BCUT2D eigenvalue weighted by Crippen LogP contribution is 2.09. The van der Waals surface area contributed by atoms with Gasteiger partial charge in [0, 0.05) is 25.4 Å². The largest absolute Gasteiger partial charge is 0.391 e. The average molecular weight is 157 g/mol. The lowest BCUT2D eigenvalue weighted by Crippen LogP contribution is -2.04. The zero-order chi connectivity index (χ0) is 7.40. The zero-order valence-electron chi connectivity index (χ0n) is 5.76. The van der Waals surface area contributed by atoms with Gasteiger partial charge in [-0.3, -0.25) is 0 Å². The fraction of sp³-hybridized carbons (Fsp3) is 0.286. The Morgan fingerprint density at radius 1 is 1.70 bits per heavy atom. The van der Waals surface area contributed by atoms with Crippen molar-refractivity contribution in [1.82, 2.24) is 5.32 Å². The van der Waals surface area contributed by atoms with Crippen molar-refractivity contribution in [2.75, 3.05) is 7.05 Å². The van der Waals surface area contributed by atoms with Gasteiger partial charge in [-0.05, 0) is 12.2 Å². The van der Waals surface area contributed by atoms with Crippen LogP contribution in [0.2, 0.25) is 0 Å². The standard InChI is InChI=1S/C7H9ClN2/c1-9-6-2-3-7(8)10-5-4-6/h3-5,9H,2H2,1H3. The van der Waals surface area contributed by atoms with Crippen molar-refractivity contribution in [3.63, 3.8) is 0 Å². The van der Waals surface area contributed by atoms with Crippen LogP contribution >= 0.6 is 11.6 Å². The third-order valence-corrected chi connectivity index (χ3v) is 1.54. The normalized spacial score (nSPS) is 17.4. The first-order chi connectivity index (χ1) is 4.83. The Morgan fingerprint density at radius 3 is 3.20 bits per heavy atom. The molecule has 1 aliphatic heterocycles. The highest BCUT2D eigenvalue weighted by atomic mass is 35.5. The van der Waals surface area contributed by atoms with Gasteiger partial charge in [0.2, 0.25) is 0 Å². The minimum Gasteiger partial charge on any atom is -0.391 e. The molecule has 0 aromatic heterocycles. The van der Waals surface area contributed by atoms with Crippen LogP contribution in [0.1, 0.15) is 6.42 Å². The van der Waals surface area contributed by atoms with E-state index in [2.05, 4.69) is 10.3 Å². The molecule has 0 radical (unpaired) electrons. The van der Waals surface area contributed by atoms with Crippen LogP contribution in [0, 0.1) is 0 Å². The molecule has 0 aromatic carbocycles. The molecule has 0 atom stereocenters. The van der Waals surface area contributed by atoms with Gasteiger partial charge in [-0.15, -0.1) is 0 Å². The molecule has 3 heteroatoms. The molecule has 0 saturated carbocycles. The zero-order valence-corrected chi connectivity index (χ0v) is 6.52. The Morgan fingerprint density at radius 2 is 2.50 bits per heavy atom. The van der Waals surface area contributed by atoms with Crippen molar-refractivity contribution >= 4 is 17.8 Å². The SMILES string of the molecule is CNC1=CC=NC(Cl)=CC1. The number of allylic oxidation sites excluding steroid dienone is 2. The average Bonchev–Trinajstić information content (AvgIpc) is 2.14. The molecule has 2 nitrogen and oxygen atoms in total. The van der Waals surface area contributed by atoms with Gasteiger partial charge < -0.3 is 5.32 Å². The lowest BCUT2D eigenvalue weighted by atomic mass is 10.3. The third-order valence-electron chi connectivity index (χ3n) is 1.29. The number of nitrogens with one attached hydrogen (secondary N) is 1. The number of hydrogen-bond donors (Lipinski definition) is 1. The Balaban J connectivity index is 2.69. The summed E-state index contributed by atoms with van der Waals surface area (Å²) in [5.41, 5.74) is 1.12. The quantitative estimate of drug-likeness (QED) is 0.574. The number of halogens is 1. The van der Waals surface area contributed by atoms with E-state index >= 15 is 0 Å². The Labute approximate surface area is 65.3 Å². The summed E-state index contributed by atoms with van der Waals surface area (Å²) >= 11 is 5.65. The van der Waals surface area contributed by atoms with Crippen molar-refractivity contribution in [3.8, 4) is 0 Å². The molecular formula is C7H9ClN2. The van der Waals surface area contributed by atoms with Gasteiger partial charge in [0.05, 0.1) is 0 Å². The van der Waals surface area contributed by atoms with Crippen LogP contribution in [-0.4, -0.2) is 13.3 Å². The van der Waals surface area contributed by atoms with Gasteiger partial charge in [0.15, 0.2) is 0 Å². The molecular weight excluding hydrogens is 148 g/mol. The topological polar surface area (TPSA) is 24.4 Å². The highest BCUT2D eigenvalue weighted by molar-refractivity contribution is 6.29. The van der Waals surface area contributed by atoms with E-state index in [-0.39, 0.29) is 0 Å². The van der Waals surface area contributed by atoms with Gasteiger partial charge in [-0.25, -0.2) is 4.99 Å². The van der Waals surface area contributed by atoms with Gasteiger partial charge >= 0.3 is 0 Å². The Kier molecular flexibility index (Phi) is 2.51. The maximum absolute atomic E-state index is 5.65. The van der Waals surface area contributed by atoms with Gasteiger partial charge in [-0.1, -0.05) is 11.6 Å². The predicted molar refractivity (Wildman–Crippen MR) is 44.2 cm³/mol. The lowest BCUT2D eigenvalue weighted by molar-refractivity contribution is 0.943. The maximum atomic E-state index is 5.65. The molecule has 0 amide bonds. The van der Waals surface area contributed by atoms with E-state index in [0.717, 1.165) is 12.1 Å². The molecule has 1 aliphatic rings. The molecule has 0 aromatic rings. The van der Waals surface area contributed by atoms with E-state index in [1.165, 1.54) is 0 Å². The van der Waals surface area contributed by atoms with E-state index in [1.807, 2.05) is 19.2 Å². The first-order valence-corrected chi connectivity index (χ1v) is 3.47. The van der Waals surface area contributed by atoms with Crippen molar-refractivity contribution < 1.29 is 0 Å². The van der Waals surface area contributed by atoms with Gasteiger partial charge in [-0.2, -0.15) is 0 Å². The fourth-order valence-electron chi connectivity index (χ4n) is 0.699. The number of hydrogen-bond acceptors (Lipinski definition) is 2. The minimum absolute atomic E-state index is 0.557. The summed E-state index contributed by atoms with van der Waals surface area (Å²) in [6, 6.07) is 0. The summed E-state index contributed by atoms with van der Waals surface area (Å²) in [5.74, 6) is 0. The molecule has 1 heterocycles. The smallest absolute Gasteiger partial charge is 0.125 e. The second-order valence-corrected chi connectivity index (χ2v) is 2.34. The summed E-state index contributed by atoms with van der Waals surface area (Å²) in [7, 11) is 1.88. The molecule has 0 aliphatic carbocycles. The monoisotopic (exact) mass is 156 g/mol. The Hall–Kier alpha value is -0.760. The van der Waals surface area contributed by atoms with Crippen LogP contribution in [0.4, 0.5) is 0 Å². The van der Waals surface area contributed by atoms with Crippen molar-refractivity contribution in [1.29, 1.82) is 0 Å². The second kappa shape index (κ2) is 3.42. The summed E-state index contributed by atoms with van der Waals surface area (Å²) < 4.78 is 0. The molecule has 0 spiro atoms. The van der Waals surface area contributed by atoms with Crippen molar-refractivity contribution in [3.05, 3.63) is 23.0 Å². The van der Waals surface area contributed by atoms with Crippen LogP contribution in [0.15, 0.2) is 28.0 Å². The summed E-state index contributed by atoms with van der Waals surface area (Å²) in [6.45, 7) is 0. The molecule has 1 N–H and O–H groups in total. The molecule has 0 fully saturated rings. The molecule has 0 saturated heterocycles. The first kappa shape index (κ1) is 7.35. The highest BCUT2D eigenvalue weighted by Gasteiger charge is 1.94. The van der Waals surface area contributed by atoms with E-state index < -0.39 is 0 Å². The predicted octanol–water partition coefficient (Wildman–Crippen LogP) is 1.64. The number of rotatable bonds is 1. The fourth-order valence-corrected chi connectivity index (χ4v) is 0.832. The van der Waals surface area contributed by atoms with E-state index in [1.54, 1.807) is 6.21 Å².